The molecule has 3 N–H and O–H groups in total. The number of benzene rings is 1. The maximum atomic E-state index is 11.0. The fourth-order valence-electron chi connectivity index (χ4n) is 1.57. The smallest absolute Gasteiger partial charge is 0.353 e. The lowest BCUT2D eigenvalue weighted by atomic mass is 10.3. The highest BCUT2D eigenvalue weighted by Gasteiger charge is 2.21. The Hall–Kier alpha value is -2.42. The Labute approximate surface area is 122 Å². The van der Waals surface area contributed by atoms with Crippen LogP contribution in [0.5, 0.6) is 5.75 Å². The first-order chi connectivity index (χ1) is 9.52. The predicted octanol–water partition coefficient (Wildman–Crippen LogP) is 2.48. The van der Waals surface area contributed by atoms with Crippen LogP contribution in [0.2, 0.25) is 0 Å². The Morgan fingerprint density at radius 2 is 2.20 bits per heavy atom. The molecule has 0 bridgehead atoms. The summed E-state index contributed by atoms with van der Waals surface area (Å²) in [6, 6.07) is 5.20. The second-order valence-electron chi connectivity index (χ2n) is 3.68. The van der Waals surface area contributed by atoms with Gasteiger partial charge < -0.3 is 15.8 Å². The molecular formula is C11H10BrN5O3. The predicted molar refractivity (Wildman–Crippen MR) is 77.1 cm³/mol. The molecule has 104 valence electrons. The number of halogens is 1. The van der Waals surface area contributed by atoms with Crippen LogP contribution in [-0.2, 0) is 0 Å². The molecule has 0 amide bonds. The highest BCUT2D eigenvalue weighted by molar-refractivity contribution is 9.10. The first-order valence-electron chi connectivity index (χ1n) is 5.38. The Kier molecular flexibility index (Phi) is 3.99. The van der Waals surface area contributed by atoms with Gasteiger partial charge in [0.05, 0.1) is 17.7 Å². The van der Waals surface area contributed by atoms with Crippen molar-refractivity contribution in [3.8, 4) is 5.75 Å². The number of rotatable bonds is 4. The molecule has 0 aliphatic heterocycles. The van der Waals surface area contributed by atoms with Crippen molar-refractivity contribution in [1.29, 1.82) is 0 Å². The van der Waals surface area contributed by atoms with Crippen molar-refractivity contribution < 1.29 is 9.66 Å². The lowest BCUT2D eigenvalue weighted by Gasteiger charge is -2.11. The van der Waals surface area contributed by atoms with Crippen LogP contribution < -0.4 is 15.8 Å². The molecule has 0 radical (unpaired) electrons. The van der Waals surface area contributed by atoms with Crippen LogP contribution in [0.3, 0.4) is 0 Å². The summed E-state index contributed by atoms with van der Waals surface area (Å²) < 4.78 is 5.96. The number of hydrogen-bond donors (Lipinski definition) is 2. The van der Waals surface area contributed by atoms with Gasteiger partial charge in [0.1, 0.15) is 12.1 Å². The molecule has 0 unspecified atom stereocenters. The van der Waals surface area contributed by atoms with E-state index in [1.54, 1.807) is 18.2 Å². The Morgan fingerprint density at radius 3 is 2.85 bits per heavy atom. The summed E-state index contributed by atoms with van der Waals surface area (Å²) in [6.07, 6.45) is 1.15. The lowest BCUT2D eigenvalue weighted by molar-refractivity contribution is -0.383. The van der Waals surface area contributed by atoms with Gasteiger partial charge in [-0.05, 0) is 18.2 Å². The number of anilines is 3. The largest absolute Gasteiger partial charge is 0.495 e. The third-order valence-corrected chi connectivity index (χ3v) is 2.94. The summed E-state index contributed by atoms with van der Waals surface area (Å²) in [5, 5.41) is 13.8. The van der Waals surface area contributed by atoms with Gasteiger partial charge in [-0.15, -0.1) is 0 Å². The van der Waals surface area contributed by atoms with E-state index in [2.05, 4.69) is 31.2 Å². The Bertz CT molecular complexity index is 665. The van der Waals surface area contributed by atoms with Crippen molar-refractivity contribution >= 4 is 38.9 Å². The maximum Gasteiger partial charge on any atom is 0.353 e. The maximum absolute atomic E-state index is 11.0. The van der Waals surface area contributed by atoms with Crippen LogP contribution in [0.4, 0.5) is 23.0 Å². The van der Waals surface area contributed by atoms with E-state index in [1.165, 1.54) is 7.11 Å². The molecule has 1 aromatic heterocycles. The van der Waals surface area contributed by atoms with E-state index in [-0.39, 0.29) is 17.3 Å². The summed E-state index contributed by atoms with van der Waals surface area (Å²) in [5.41, 5.74) is 5.64. The Morgan fingerprint density at radius 1 is 1.45 bits per heavy atom. The SMILES string of the molecule is COc1ccc(Br)cc1Nc1ncnc(N)c1[N+](=O)[O-]. The monoisotopic (exact) mass is 339 g/mol. The highest BCUT2D eigenvalue weighted by Crippen LogP contribution is 2.34. The van der Waals surface area contributed by atoms with Gasteiger partial charge in [0.25, 0.3) is 0 Å². The molecule has 8 nitrogen and oxygen atoms in total. The molecule has 2 aromatic rings. The zero-order valence-electron chi connectivity index (χ0n) is 10.3. The van der Waals surface area contributed by atoms with Gasteiger partial charge in [-0.2, -0.15) is 0 Å². The number of methoxy groups -OCH3 is 1. The van der Waals surface area contributed by atoms with Crippen LogP contribution >= 0.6 is 15.9 Å². The number of aromatic nitrogens is 2. The van der Waals surface area contributed by atoms with Crippen molar-refractivity contribution in [3.05, 3.63) is 39.1 Å². The molecule has 0 saturated heterocycles. The molecule has 1 aromatic carbocycles. The summed E-state index contributed by atoms with van der Waals surface area (Å²) >= 11 is 3.31. The zero-order chi connectivity index (χ0) is 14.7. The zero-order valence-corrected chi connectivity index (χ0v) is 11.9. The molecule has 0 aliphatic rings. The summed E-state index contributed by atoms with van der Waals surface area (Å²) in [5.74, 6) is 0.306. The molecule has 0 spiro atoms. The quantitative estimate of drug-likeness (QED) is 0.649. The van der Waals surface area contributed by atoms with Crippen LogP contribution in [0.1, 0.15) is 0 Å². The van der Waals surface area contributed by atoms with Gasteiger partial charge in [-0.25, -0.2) is 9.97 Å². The molecule has 20 heavy (non-hydrogen) atoms. The molecule has 0 saturated carbocycles. The molecule has 0 aliphatic carbocycles. The first-order valence-corrected chi connectivity index (χ1v) is 6.17. The van der Waals surface area contributed by atoms with Crippen LogP contribution in [0, 0.1) is 10.1 Å². The van der Waals surface area contributed by atoms with Gasteiger partial charge >= 0.3 is 5.69 Å². The van der Waals surface area contributed by atoms with E-state index in [4.69, 9.17) is 10.5 Å². The number of nitrogens with one attached hydrogen (secondary N) is 1. The summed E-state index contributed by atoms with van der Waals surface area (Å²) in [4.78, 5) is 17.8. The van der Waals surface area contributed by atoms with Crippen molar-refractivity contribution in [1.82, 2.24) is 9.97 Å². The molecule has 1 heterocycles. The van der Waals surface area contributed by atoms with E-state index in [9.17, 15) is 10.1 Å². The minimum atomic E-state index is -0.637. The van der Waals surface area contributed by atoms with Crippen molar-refractivity contribution in [2.24, 2.45) is 0 Å². The number of nitrogens with zero attached hydrogens (tertiary/aromatic N) is 3. The molecule has 0 fully saturated rings. The second kappa shape index (κ2) is 5.70. The fourth-order valence-corrected chi connectivity index (χ4v) is 1.93. The van der Waals surface area contributed by atoms with Crippen molar-refractivity contribution in [3.63, 3.8) is 0 Å². The lowest BCUT2D eigenvalue weighted by Crippen LogP contribution is -2.05. The van der Waals surface area contributed by atoms with E-state index >= 15 is 0 Å². The minimum Gasteiger partial charge on any atom is -0.495 e. The number of hydrogen-bond acceptors (Lipinski definition) is 7. The van der Waals surface area contributed by atoms with Crippen molar-refractivity contribution in [2.45, 2.75) is 0 Å². The number of ether oxygens (including phenoxy) is 1. The topological polar surface area (TPSA) is 116 Å². The number of nitrogens with two attached hydrogens (primary N) is 1. The van der Waals surface area contributed by atoms with Gasteiger partial charge in [0.15, 0.2) is 0 Å². The van der Waals surface area contributed by atoms with Crippen LogP contribution in [-0.4, -0.2) is 22.0 Å². The number of nitrogen functional groups attached to an aromatic ring is 1. The average Bonchev–Trinajstić information content (AvgIpc) is 2.38. The molecule has 0 atom stereocenters. The van der Waals surface area contributed by atoms with E-state index in [0.29, 0.717) is 11.4 Å². The van der Waals surface area contributed by atoms with Crippen molar-refractivity contribution in [2.75, 3.05) is 18.2 Å². The Balaban J connectivity index is 2.48. The number of nitro groups is 1. The average molecular weight is 340 g/mol. The van der Waals surface area contributed by atoms with Gasteiger partial charge in [0, 0.05) is 4.47 Å². The highest BCUT2D eigenvalue weighted by atomic mass is 79.9. The standard InChI is InChI=1S/C11H10BrN5O3/c1-20-8-3-2-6(12)4-7(8)16-11-9(17(18)19)10(13)14-5-15-11/h2-5H,1H3,(H3,13,14,15,16). The van der Waals surface area contributed by atoms with Gasteiger partial charge in [0.2, 0.25) is 11.6 Å². The van der Waals surface area contributed by atoms with E-state index in [0.717, 1.165) is 10.8 Å². The molecule has 9 heteroatoms. The molecular weight excluding hydrogens is 330 g/mol. The third kappa shape index (κ3) is 2.77. The minimum absolute atomic E-state index is 0.00102. The van der Waals surface area contributed by atoms with E-state index < -0.39 is 4.92 Å². The molecule has 2 rings (SSSR count). The fraction of sp³-hybridized carbons (Fsp3) is 0.0909. The first kappa shape index (κ1) is 14.0. The second-order valence-corrected chi connectivity index (χ2v) is 4.60. The van der Waals surface area contributed by atoms with E-state index in [1.807, 2.05) is 0 Å². The third-order valence-electron chi connectivity index (χ3n) is 2.45. The normalized spacial score (nSPS) is 10.1. The van der Waals surface area contributed by atoms with Gasteiger partial charge in [-0.3, -0.25) is 10.1 Å². The summed E-state index contributed by atoms with van der Waals surface area (Å²) in [6.45, 7) is 0. The van der Waals surface area contributed by atoms with Crippen LogP contribution in [0.25, 0.3) is 0 Å². The summed E-state index contributed by atoms with van der Waals surface area (Å²) in [7, 11) is 1.50. The van der Waals surface area contributed by atoms with Crippen LogP contribution in [0.15, 0.2) is 29.0 Å². The van der Waals surface area contributed by atoms with Gasteiger partial charge in [-0.1, -0.05) is 15.9 Å².